The minimum absolute atomic E-state index is 0.0618. The molecular weight excluding hydrogens is 300 g/mol. The molecule has 0 aliphatic carbocycles. The van der Waals surface area contributed by atoms with Gasteiger partial charge in [-0.3, -0.25) is 9.59 Å². The number of ether oxygens (including phenoxy) is 1. The van der Waals surface area contributed by atoms with E-state index in [0.717, 1.165) is 5.56 Å². The Kier molecular flexibility index (Phi) is 4.62. The van der Waals surface area contributed by atoms with E-state index < -0.39 is 12.0 Å². The molecule has 5 nitrogen and oxygen atoms in total. The number of ketones is 1. The van der Waals surface area contributed by atoms with Crippen LogP contribution in [0.4, 0.5) is 0 Å². The minimum Gasteiger partial charge on any atom is -0.456 e. The Bertz CT molecular complexity index is 643. The molecule has 1 aromatic carbocycles. The Hall–Kier alpha value is -2.02. The summed E-state index contributed by atoms with van der Waals surface area (Å²) in [6.45, 7) is -0.215. The monoisotopic (exact) mass is 316 g/mol. The lowest BCUT2D eigenvalue weighted by atomic mass is 10.0. The lowest BCUT2D eigenvalue weighted by Crippen LogP contribution is -2.38. The summed E-state index contributed by atoms with van der Waals surface area (Å²) in [6, 6.07) is 13.0. The van der Waals surface area contributed by atoms with Gasteiger partial charge in [-0.05, 0) is 23.4 Å². The van der Waals surface area contributed by atoms with Crippen molar-refractivity contribution >= 4 is 23.1 Å². The van der Waals surface area contributed by atoms with Gasteiger partial charge in [0.05, 0.1) is 4.88 Å². The van der Waals surface area contributed by atoms with Gasteiger partial charge in [0.1, 0.15) is 6.04 Å². The number of esters is 1. The highest BCUT2D eigenvalue weighted by Crippen LogP contribution is 2.22. The molecule has 0 radical (unpaired) electrons. The molecule has 2 heterocycles. The molecule has 3 rings (SSSR count). The van der Waals surface area contributed by atoms with Crippen LogP contribution in [0.1, 0.15) is 27.7 Å². The molecule has 1 fully saturated rings. The third-order valence-electron chi connectivity index (χ3n) is 3.53. The van der Waals surface area contributed by atoms with Gasteiger partial charge in [-0.1, -0.05) is 36.4 Å². The highest BCUT2D eigenvalue weighted by atomic mass is 32.1. The van der Waals surface area contributed by atoms with Crippen molar-refractivity contribution < 1.29 is 14.3 Å². The first-order chi connectivity index (χ1) is 10.7. The maximum Gasteiger partial charge on any atom is 0.325 e. The molecule has 0 bridgehead atoms. The largest absolute Gasteiger partial charge is 0.456 e. The van der Waals surface area contributed by atoms with Crippen LogP contribution in [0.15, 0.2) is 47.8 Å². The first-order valence-electron chi connectivity index (χ1n) is 7.03. The Balaban J connectivity index is 1.50. The second-order valence-corrected chi connectivity index (χ2v) is 6.00. The van der Waals surface area contributed by atoms with Gasteiger partial charge in [0.25, 0.3) is 0 Å². The SMILES string of the molecule is O=C(COC(=O)C1CC(c2ccccc2)NN1)c1cccs1. The zero-order valence-corrected chi connectivity index (χ0v) is 12.6. The first kappa shape index (κ1) is 14.9. The topological polar surface area (TPSA) is 67.4 Å². The second kappa shape index (κ2) is 6.83. The zero-order valence-electron chi connectivity index (χ0n) is 11.8. The van der Waals surface area contributed by atoms with E-state index >= 15 is 0 Å². The highest BCUT2D eigenvalue weighted by Gasteiger charge is 2.31. The van der Waals surface area contributed by atoms with Gasteiger partial charge in [0.15, 0.2) is 6.61 Å². The van der Waals surface area contributed by atoms with Crippen molar-refractivity contribution in [2.75, 3.05) is 6.61 Å². The fourth-order valence-corrected chi connectivity index (χ4v) is 3.01. The molecule has 114 valence electrons. The number of benzene rings is 1. The van der Waals surface area contributed by atoms with Crippen LogP contribution in [0.5, 0.6) is 0 Å². The van der Waals surface area contributed by atoms with Crippen LogP contribution in [-0.4, -0.2) is 24.4 Å². The maximum atomic E-state index is 12.0. The molecule has 2 unspecified atom stereocenters. The Morgan fingerprint density at radius 1 is 1.14 bits per heavy atom. The van der Waals surface area contributed by atoms with Crippen LogP contribution in [-0.2, 0) is 9.53 Å². The van der Waals surface area contributed by atoms with Gasteiger partial charge in [-0.2, -0.15) is 0 Å². The molecule has 1 saturated heterocycles. The third-order valence-corrected chi connectivity index (χ3v) is 4.44. The van der Waals surface area contributed by atoms with E-state index in [-0.39, 0.29) is 18.4 Å². The molecule has 6 heteroatoms. The molecule has 2 atom stereocenters. The number of hydrogen-bond acceptors (Lipinski definition) is 6. The smallest absolute Gasteiger partial charge is 0.325 e. The number of carbonyl (C=O) groups excluding carboxylic acids is 2. The van der Waals surface area contributed by atoms with E-state index in [1.807, 2.05) is 35.7 Å². The molecule has 2 N–H and O–H groups in total. The lowest BCUT2D eigenvalue weighted by molar-refractivity contribution is -0.144. The lowest BCUT2D eigenvalue weighted by Gasteiger charge is -2.09. The fourth-order valence-electron chi connectivity index (χ4n) is 2.36. The van der Waals surface area contributed by atoms with Crippen LogP contribution in [0, 0.1) is 0 Å². The normalized spacial score (nSPS) is 20.7. The average molecular weight is 316 g/mol. The predicted molar refractivity (Wildman–Crippen MR) is 83.5 cm³/mol. The van der Waals surface area contributed by atoms with Gasteiger partial charge in [-0.25, -0.2) is 10.9 Å². The van der Waals surface area contributed by atoms with Crippen molar-refractivity contribution in [1.82, 2.24) is 10.9 Å². The summed E-state index contributed by atoms with van der Waals surface area (Å²) >= 11 is 1.34. The third kappa shape index (κ3) is 3.41. The molecule has 2 aromatic rings. The summed E-state index contributed by atoms with van der Waals surface area (Å²) in [5, 5.41) is 1.82. The van der Waals surface area contributed by atoms with E-state index in [2.05, 4.69) is 10.9 Å². The molecule has 0 spiro atoms. The zero-order chi connectivity index (χ0) is 15.4. The van der Waals surface area contributed by atoms with Crippen molar-refractivity contribution in [2.45, 2.75) is 18.5 Å². The molecule has 22 heavy (non-hydrogen) atoms. The van der Waals surface area contributed by atoms with Crippen molar-refractivity contribution in [1.29, 1.82) is 0 Å². The number of hydrazine groups is 1. The van der Waals surface area contributed by atoms with Crippen LogP contribution >= 0.6 is 11.3 Å². The fraction of sp³-hybridized carbons (Fsp3) is 0.250. The number of hydrogen-bond donors (Lipinski definition) is 2. The summed E-state index contributed by atoms with van der Waals surface area (Å²) in [5.74, 6) is -0.579. The van der Waals surface area contributed by atoms with E-state index in [4.69, 9.17) is 4.74 Å². The predicted octanol–water partition coefficient (Wildman–Crippen LogP) is 2.08. The van der Waals surface area contributed by atoms with Gasteiger partial charge < -0.3 is 4.74 Å². The summed E-state index contributed by atoms with van der Waals surface area (Å²) in [4.78, 5) is 24.4. The summed E-state index contributed by atoms with van der Waals surface area (Å²) in [6.07, 6.45) is 0.593. The summed E-state index contributed by atoms with van der Waals surface area (Å²) in [5.41, 5.74) is 7.13. The van der Waals surface area contributed by atoms with Crippen molar-refractivity contribution in [2.24, 2.45) is 0 Å². The maximum absolute atomic E-state index is 12.0. The van der Waals surface area contributed by atoms with Gasteiger partial charge >= 0.3 is 5.97 Å². The Labute approximate surface area is 132 Å². The standard InChI is InChI=1S/C16H16N2O3S/c19-14(15-7-4-8-22-15)10-21-16(20)13-9-12(17-18-13)11-5-2-1-3-6-11/h1-8,12-13,17-18H,9-10H2. The van der Waals surface area contributed by atoms with E-state index in [9.17, 15) is 9.59 Å². The Morgan fingerprint density at radius 2 is 1.95 bits per heavy atom. The number of carbonyl (C=O) groups is 2. The number of thiophene rings is 1. The van der Waals surface area contributed by atoms with Crippen molar-refractivity contribution in [3.05, 3.63) is 58.3 Å². The molecule has 0 amide bonds. The van der Waals surface area contributed by atoms with Crippen LogP contribution in [0.2, 0.25) is 0 Å². The van der Waals surface area contributed by atoms with Crippen LogP contribution in [0.25, 0.3) is 0 Å². The summed E-state index contributed by atoms with van der Waals surface area (Å²) < 4.78 is 5.11. The quantitative estimate of drug-likeness (QED) is 0.653. The van der Waals surface area contributed by atoms with E-state index in [1.165, 1.54) is 11.3 Å². The number of nitrogens with one attached hydrogen (secondary N) is 2. The van der Waals surface area contributed by atoms with Crippen LogP contribution in [0.3, 0.4) is 0 Å². The highest BCUT2D eigenvalue weighted by molar-refractivity contribution is 7.12. The second-order valence-electron chi connectivity index (χ2n) is 5.05. The van der Waals surface area contributed by atoms with Gasteiger partial charge in [0, 0.05) is 6.04 Å². The van der Waals surface area contributed by atoms with E-state index in [1.54, 1.807) is 12.1 Å². The molecule has 1 aromatic heterocycles. The van der Waals surface area contributed by atoms with Gasteiger partial charge in [0.2, 0.25) is 5.78 Å². The van der Waals surface area contributed by atoms with Crippen LogP contribution < -0.4 is 10.9 Å². The van der Waals surface area contributed by atoms with Crippen molar-refractivity contribution in [3.8, 4) is 0 Å². The molecule has 0 saturated carbocycles. The molecule has 1 aliphatic rings. The number of rotatable bonds is 5. The minimum atomic E-state index is -0.443. The van der Waals surface area contributed by atoms with Crippen molar-refractivity contribution in [3.63, 3.8) is 0 Å². The summed E-state index contributed by atoms with van der Waals surface area (Å²) in [7, 11) is 0. The molecular formula is C16H16N2O3S. The van der Waals surface area contributed by atoms with E-state index in [0.29, 0.717) is 11.3 Å². The molecule has 1 aliphatic heterocycles. The van der Waals surface area contributed by atoms with Gasteiger partial charge in [-0.15, -0.1) is 11.3 Å². The number of Topliss-reactive ketones (excluding diaryl/α,β-unsaturated/α-hetero) is 1. The average Bonchev–Trinajstić information content (AvgIpc) is 3.24. The first-order valence-corrected chi connectivity index (χ1v) is 7.91. The Morgan fingerprint density at radius 3 is 2.68 bits per heavy atom.